The van der Waals surface area contributed by atoms with Gasteiger partial charge in [0.25, 0.3) is 0 Å². The van der Waals surface area contributed by atoms with Crippen LogP contribution in [0.2, 0.25) is 10.0 Å². The number of nitrogens with one attached hydrogen (secondary N) is 1. The molecule has 1 fully saturated rings. The summed E-state index contributed by atoms with van der Waals surface area (Å²) in [6.45, 7) is 2.64. The van der Waals surface area contributed by atoms with Crippen molar-refractivity contribution in [3.8, 4) is 0 Å². The van der Waals surface area contributed by atoms with Crippen LogP contribution in [-0.2, 0) is 14.4 Å². The maximum absolute atomic E-state index is 12.0. The molecule has 0 aromatic heterocycles. The number of hydrogen-bond donors (Lipinski definition) is 1. The zero-order chi connectivity index (χ0) is 17.3. The number of carbonyl (C=O) groups excluding carboxylic acids is 4. The second kappa shape index (κ2) is 6.55. The van der Waals surface area contributed by atoms with Gasteiger partial charge in [0.15, 0.2) is 0 Å². The third-order valence-electron chi connectivity index (χ3n) is 3.11. The minimum absolute atomic E-state index is 0.249. The largest absolute Gasteiger partial charge is 0.334 e. The highest BCUT2D eigenvalue weighted by Gasteiger charge is 2.46. The number of amides is 5. The number of imide groups is 2. The highest BCUT2D eigenvalue weighted by Crippen LogP contribution is 2.25. The predicted molar refractivity (Wildman–Crippen MR) is 84.2 cm³/mol. The summed E-state index contributed by atoms with van der Waals surface area (Å²) in [6.07, 6.45) is 0. The van der Waals surface area contributed by atoms with Gasteiger partial charge in [-0.1, -0.05) is 23.2 Å². The Labute approximate surface area is 142 Å². The fraction of sp³-hybridized carbons (Fsp3) is 0.286. The summed E-state index contributed by atoms with van der Waals surface area (Å²) in [6, 6.07) is 3.17. The van der Waals surface area contributed by atoms with Gasteiger partial charge in [0.05, 0.1) is 10.0 Å². The van der Waals surface area contributed by atoms with Gasteiger partial charge < -0.3 is 5.32 Å². The lowest BCUT2D eigenvalue weighted by Gasteiger charge is -2.18. The molecule has 0 atom stereocenters. The monoisotopic (exact) mass is 357 g/mol. The maximum atomic E-state index is 12.0. The van der Waals surface area contributed by atoms with Crippen LogP contribution in [0.3, 0.4) is 0 Å². The predicted octanol–water partition coefficient (Wildman–Crippen LogP) is 2.13. The van der Waals surface area contributed by atoms with Crippen molar-refractivity contribution in [1.82, 2.24) is 9.80 Å². The van der Waals surface area contributed by atoms with Crippen LogP contribution in [0.25, 0.3) is 0 Å². The minimum atomic E-state index is -1.02. The van der Waals surface area contributed by atoms with E-state index in [1.165, 1.54) is 18.2 Å². The number of rotatable bonds is 4. The van der Waals surface area contributed by atoms with E-state index < -0.39 is 36.3 Å². The van der Waals surface area contributed by atoms with E-state index in [9.17, 15) is 19.2 Å². The number of nitrogens with zero attached hydrogens (tertiary/aromatic N) is 2. The van der Waals surface area contributed by atoms with Gasteiger partial charge in [0, 0.05) is 11.7 Å². The summed E-state index contributed by atoms with van der Waals surface area (Å²) in [5.74, 6) is -2.59. The standard InChI is InChI=1S/C14H13Cl2N3O4/c1-7(2)19-13(22)12(21)18(14(19)23)6-11(20)17-8-3-4-9(15)10(16)5-8/h3-5,7H,6H2,1-2H3,(H,17,20). The third-order valence-corrected chi connectivity index (χ3v) is 3.84. The van der Waals surface area contributed by atoms with Crippen molar-refractivity contribution >= 4 is 52.6 Å². The van der Waals surface area contributed by atoms with Crippen molar-refractivity contribution in [2.24, 2.45) is 0 Å². The second-order valence-corrected chi connectivity index (χ2v) is 5.93. The molecule has 122 valence electrons. The minimum Gasteiger partial charge on any atom is -0.324 e. The Bertz CT molecular complexity index is 705. The Kier molecular flexibility index (Phi) is 4.91. The number of carbonyl (C=O) groups is 4. The Morgan fingerprint density at radius 1 is 1.13 bits per heavy atom. The molecule has 2 rings (SSSR count). The maximum Gasteiger partial charge on any atom is 0.334 e. The summed E-state index contributed by atoms with van der Waals surface area (Å²) in [4.78, 5) is 49.0. The smallest absolute Gasteiger partial charge is 0.324 e. The lowest BCUT2D eigenvalue weighted by molar-refractivity contribution is -0.144. The Morgan fingerprint density at radius 3 is 2.30 bits per heavy atom. The first kappa shape index (κ1) is 17.2. The Hall–Kier alpha value is -2.12. The lowest BCUT2D eigenvalue weighted by Crippen LogP contribution is -2.40. The lowest BCUT2D eigenvalue weighted by atomic mass is 10.3. The van der Waals surface area contributed by atoms with Crippen molar-refractivity contribution in [1.29, 1.82) is 0 Å². The molecular formula is C14H13Cl2N3O4. The van der Waals surface area contributed by atoms with Crippen molar-refractivity contribution in [2.75, 3.05) is 11.9 Å². The SMILES string of the molecule is CC(C)N1C(=O)C(=O)N(CC(=O)Nc2ccc(Cl)c(Cl)c2)C1=O. The molecule has 1 aliphatic heterocycles. The Balaban J connectivity index is 2.08. The summed E-state index contributed by atoms with van der Waals surface area (Å²) in [5, 5.41) is 3.05. The van der Waals surface area contributed by atoms with Gasteiger partial charge in [-0.3, -0.25) is 19.3 Å². The van der Waals surface area contributed by atoms with Gasteiger partial charge in [0.2, 0.25) is 5.91 Å². The van der Waals surface area contributed by atoms with Gasteiger partial charge in [-0.25, -0.2) is 9.69 Å². The fourth-order valence-corrected chi connectivity index (χ4v) is 2.33. The van der Waals surface area contributed by atoms with E-state index in [-0.39, 0.29) is 5.02 Å². The quantitative estimate of drug-likeness (QED) is 0.660. The normalized spacial score (nSPS) is 14.9. The molecule has 0 radical (unpaired) electrons. The molecular weight excluding hydrogens is 345 g/mol. The first-order valence-corrected chi connectivity index (χ1v) is 7.42. The molecule has 1 aliphatic rings. The van der Waals surface area contributed by atoms with Gasteiger partial charge in [-0.05, 0) is 32.0 Å². The van der Waals surface area contributed by atoms with Gasteiger partial charge in [-0.15, -0.1) is 0 Å². The summed E-state index contributed by atoms with van der Waals surface area (Å²) in [5.41, 5.74) is 0.357. The number of anilines is 1. The van der Waals surface area contributed by atoms with E-state index >= 15 is 0 Å². The van der Waals surface area contributed by atoms with Crippen molar-refractivity contribution < 1.29 is 19.2 Å². The topological polar surface area (TPSA) is 86.8 Å². The van der Waals surface area contributed by atoms with E-state index in [4.69, 9.17) is 23.2 Å². The molecule has 23 heavy (non-hydrogen) atoms. The van der Waals surface area contributed by atoms with Crippen LogP contribution in [0.4, 0.5) is 10.5 Å². The van der Waals surface area contributed by atoms with Crippen LogP contribution >= 0.6 is 23.2 Å². The van der Waals surface area contributed by atoms with Crippen LogP contribution in [0.1, 0.15) is 13.8 Å². The average Bonchev–Trinajstić information content (AvgIpc) is 2.67. The number of benzene rings is 1. The van der Waals surface area contributed by atoms with Crippen LogP contribution in [0.15, 0.2) is 18.2 Å². The third kappa shape index (κ3) is 3.46. The van der Waals surface area contributed by atoms with Crippen LogP contribution in [0.5, 0.6) is 0 Å². The molecule has 1 saturated heterocycles. The number of hydrogen-bond acceptors (Lipinski definition) is 4. The van der Waals surface area contributed by atoms with Crippen LogP contribution in [-0.4, -0.2) is 46.1 Å². The molecule has 0 aliphatic carbocycles. The molecule has 1 N–H and O–H groups in total. The van der Waals surface area contributed by atoms with Crippen molar-refractivity contribution in [2.45, 2.75) is 19.9 Å². The Morgan fingerprint density at radius 2 is 1.78 bits per heavy atom. The number of halogens is 2. The highest BCUT2D eigenvalue weighted by atomic mass is 35.5. The van der Waals surface area contributed by atoms with E-state index in [1.807, 2.05) is 0 Å². The van der Waals surface area contributed by atoms with Gasteiger partial charge in [-0.2, -0.15) is 0 Å². The zero-order valence-electron chi connectivity index (χ0n) is 12.3. The first-order valence-electron chi connectivity index (χ1n) is 6.66. The van der Waals surface area contributed by atoms with Crippen molar-refractivity contribution in [3.05, 3.63) is 28.2 Å². The number of urea groups is 1. The zero-order valence-corrected chi connectivity index (χ0v) is 13.8. The molecule has 0 unspecified atom stereocenters. The van der Waals surface area contributed by atoms with E-state index in [1.54, 1.807) is 13.8 Å². The van der Waals surface area contributed by atoms with Crippen LogP contribution in [0, 0.1) is 0 Å². The van der Waals surface area contributed by atoms with E-state index in [0.29, 0.717) is 15.6 Å². The molecule has 1 aromatic rings. The first-order chi connectivity index (χ1) is 10.7. The molecule has 5 amide bonds. The molecule has 1 aromatic carbocycles. The van der Waals surface area contributed by atoms with E-state index in [0.717, 1.165) is 4.90 Å². The molecule has 1 heterocycles. The summed E-state index contributed by atoms with van der Waals surface area (Å²) in [7, 11) is 0. The average molecular weight is 358 g/mol. The summed E-state index contributed by atoms with van der Waals surface area (Å²) >= 11 is 11.6. The molecule has 9 heteroatoms. The van der Waals surface area contributed by atoms with E-state index in [2.05, 4.69) is 5.32 Å². The summed E-state index contributed by atoms with van der Waals surface area (Å²) < 4.78 is 0. The van der Waals surface area contributed by atoms with Gasteiger partial charge >= 0.3 is 17.8 Å². The van der Waals surface area contributed by atoms with Crippen LogP contribution < -0.4 is 5.32 Å². The highest BCUT2D eigenvalue weighted by molar-refractivity contribution is 6.45. The second-order valence-electron chi connectivity index (χ2n) is 5.12. The fourth-order valence-electron chi connectivity index (χ4n) is 2.04. The molecule has 0 saturated carbocycles. The molecule has 0 bridgehead atoms. The molecule has 0 spiro atoms. The molecule has 7 nitrogen and oxygen atoms in total. The van der Waals surface area contributed by atoms with Gasteiger partial charge in [0.1, 0.15) is 6.54 Å². The van der Waals surface area contributed by atoms with Crippen molar-refractivity contribution in [3.63, 3.8) is 0 Å².